The fourth-order valence-corrected chi connectivity index (χ4v) is 6.30. The lowest BCUT2D eigenvalue weighted by atomic mass is 9.60. The topological polar surface area (TPSA) is 50.1 Å². The van der Waals surface area contributed by atoms with Crippen LogP contribution in [0.15, 0.2) is 0 Å². The van der Waals surface area contributed by atoms with Crippen LogP contribution in [0.1, 0.15) is 104 Å². The number of nitriles is 1. The summed E-state index contributed by atoms with van der Waals surface area (Å²) in [5.41, 5.74) is -0.0729. The normalized spacial score (nSPS) is 39.2. The molecule has 3 aliphatic rings. The molecule has 27 heavy (non-hydrogen) atoms. The zero-order chi connectivity index (χ0) is 19.3. The van der Waals surface area contributed by atoms with Gasteiger partial charge in [0.2, 0.25) is 0 Å². The summed E-state index contributed by atoms with van der Waals surface area (Å²) in [4.78, 5) is 12.7. The van der Waals surface area contributed by atoms with Crippen LogP contribution in [-0.2, 0) is 9.53 Å². The van der Waals surface area contributed by atoms with Crippen LogP contribution in [0.2, 0.25) is 0 Å². The molecule has 3 heteroatoms. The molecule has 0 N–H and O–H groups in total. The smallest absolute Gasteiger partial charge is 0.309 e. The third-order valence-corrected chi connectivity index (χ3v) is 7.86. The largest absolute Gasteiger partial charge is 0.462 e. The van der Waals surface area contributed by atoms with Gasteiger partial charge in [0.05, 0.1) is 17.4 Å². The molecular formula is C24H39NO2. The van der Waals surface area contributed by atoms with E-state index in [-0.39, 0.29) is 23.4 Å². The van der Waals surface area contributed by atoms with Crippen molar-refractivity contribution in [2.75, 3.05) is 0 Å². The van der Waals surface area contributed by atoms with Gasteiger partial charge in [-0.2, -0.15) is 5.26 Å². The lowest BCUT2D eigenvalue weighted by Gasteiger charge is -2.45. The van der Waals surface area contributed by atoms with Gasteiger partial charge in [0, 0.05) is 0 Å². The zero-order valence-electron chi connectivity index (χ0n) is 17.5. The van der Waals surface area contributed by atoms with Gasteiger partial charge in [-0.15, -0.1) is 0 Å². The van der Waals surface area contributed by atoms with Crippen molar-refractivity contribution in [1.82, 2.24) is 0 Å². The molecule has 4 atom stereocenters. The second-order valence-electron chi connectivity index (χ2n) is 9.78. The Labute approximate surface area is 166 Å². The molecular weight excluding hydrogens is 334 g/mol. The third-order valence-electron chi connectivity index (χ3n) is 7.86. The van der Waals surface area contributed by atoms with Gasteiger partial charge in [0.1, 0.15) is 6.10 Å². The summed E-state index contributed by atoms with van der Waals surface area (Å²) < 4.78 is 6.00. The summed E-state index contributed by atoms with van der Waals surface area (Å²) in [5, 5.41) is 9.71. The minimum Gasteiger partial charge on any atom is -0.462 e. The molecule has 3 fully saturated rings. The molecule has 0 aromatic heterocycles. The fraction of sp³-hybridized carbons (Fsp3) is 0.917. The quantitative estimate of drug-likeness (QED) is 0.505. The highest BCUT2D eigenvalue weighted by Crippen LogP contribution is 2.50. The first-order valence-electron chi connectivity index (χ1n) is 11.7. The summed E-state index contributed by atoms with van der Waals surface area (Å²) in [7, 11) is 0. The number of fused-ring (bicyclic) bond motifs is 1. The minimum absolute atomic E-state index is 0.0729. The Morgan fingerprint density at radius 2 is 1.81 bits per heavy atom. The third kappa shape index (κ3) is 5.07. The van der Waals surface area contributed by atoms with Crippen LogP contribution in [-0.4, -0.2) is 12.1 Å². The fourth-order valence-electron chi connectivity index (χ4n) is 6.30. The number of hydrogen-bond donors (Lipinski definition) is 0. The highest BCUT2D eigenvalue weighted by molar-refractivity contribution is 5.72. The molecule has 0 radical (unpaired) electrons. The van der Waals surface area contributed by atoms with Crippen LogP contribution in [0.4, 0.5) is 0 Å². The van der Waals surface area contributed by atoms with E-state index >= 15 is 0 Å². The summed E-state index contributed by atoms with van der Waals surface area (Å²) in [5.74, 6) is 2.40. The Morgan fingerprint density at radius 3 is 2.48 bits per heavy atom. The van der Waals surface area contributed by atoms with E-state index in [0.29, 0.717) is 11.8 Å². The van der Waals surface area contributed by atoms with Crippen LogP contribution >= 0.6 is 0 Å². The predicted octanol–water partition coefficient (Wildman–Crippen LogP) is 6.41. The average Bonchev–Trinajstić information content (AvgIpc) is 2.69. The molecule has 0 saturated heterocycles. The van der Waals surface area contributed by atoms with Crippen LogP contribution in [0.25, 0.3) is 0 Å². The van der Waals surface area contributed by atoms with Crippen LogP contribution in [0, 0.1) is 40.4 Å². The van der Waals surface area contributed by atoms with Crippen molar-refractivity contribution in [2.24, 2.45) is 29.1 Å². The second kappa shape index (κ2) is 9.44. The molecule has 0 heterocycles. The Hall–Kier alpha value is -1.04. The molecule has 3 nitrogen and oxygen atoms in total. The van der Waals surface area contributed by atoms with E-state index in [4.69, 9.17) is 4.74 Å². The van der Waals surface area contributed by atoms with Gasteiger partial charge in [0.15, 0.2) is 0 Å². The second-order valence-corrected chi connectivity index (χ2v) is 9.78. The highest BCUT2D eigenvalue weighted by Gasteiger charge is 2.43. The SMILES string of the molecule is CCCC1CCC(C(=O)OC2CCC3C[C@](C#N)(CCC)CC[C@@H]3C2)CC1. The van der Waals surface area contributed by atoms with Crippen molar-refractivity contribution >= 4 is 5.97 Å². The maximum Gasteiger partial charge on any atom is 0.309 e. The van der Waals surface area contributed by atoms with E-state index in [0.717, 1.165) is 70.1 Å². The molecule has 3 rings (SSSR count). The molecule has 3 aliphatic carbocycles. The van der Waals surface area contributed by atoms with Crippen LogP contribution in [0.5, 0.6) is 0 Å². The highest BCUT2D eigenvalue weighted by atomic mass is 16.5. The van der Waals surface area contributed by atoms with Crippen molar-refractivity contribution in [3.63, 3.8) is 0 Å². The van der Waals surface area contributed by atoms with Gasteiger partial charge in [-0.3, -0.25) is 4.79 Å². The van der Waals surface area contributed by atoms with Gasteiger partial charge in [-0.1, -0.05) is 33.1 Å². The van der Waals surface area contributed by atoms with Crippen molar-refractivity contribution in [3.05, 3.63) is 0 Å². The maximum atomic E-state index is 12.7. The van der Waals surface area contributed by atoms with E-state index in [1.807, 2.05) is 0 Å². The maximum absolute atomic E-state index is 12.7. The first kappa shape index (κ1) is 20.7. The lowest BCUT2D eigenvalue weighted by molar-refractivity contribution is -0.159. The number of ether oxygens (including phenoxy) is 1. The first-order valence-corrected chi connectivity index (χ1v) is 11.7. The van der Waals surface area contributed by atoms with Crippen molar-refractivity contribution in [2.45, 2.75) is 110 Å². The van der Waals surface area contributed by atoms with Crippen LogP contribution < -0.4 is 0 Å². The van der Waals surface area contributed by atoms with Crippen molar-refractivity contribution < 1.29 is 9.53 Å². The number of nitrogens with zero attached hydrogens (tertiary/aromatic N) is 1. The van der Waals surface area contributed by atoms with Gasteiger partial charge in [-0.05, 0) is 88.4 Å². The Bertz CT molecular complexity index is 531. The van der Waals surface area contributed by atoms with E-state index in [9.17, 15) is 10.1 Å². The molecule has 0 bridgehead atoms. The predicted molar refractivity (Wildman–Crippen MR) is 108 cm³/mol. The number of carbonyl (C=O) groups is 1. The summed E-state index contributed by atoms with van der Waals surface area (Å²) >= 11 is 0. The summed E-state index contributed by atoms with van der Waals surface area (Å²) in [6.45, 7) is 4.45. The molecule has 152 valence electrons. The number of esters is 1. The van der Waals surface area contributed by atoms with Gasteiger partial charge in [0.25, 0.3) is 0 Å². The van der Waals surface area contributed by atoms with Gasteiger partial charge in [-0.25, -0.2) is 0 Å². The van der Waals surface area contributed by atoms with E-state index < -0.39 is 0 Å². The Kier molecular flexibility index (Phi) is 7.23. The lowest BCUT2D eigenvalue weighted by Crippen LogP contribution is -2.39. The van der Waals surface area contributed by atoms with E-state index in [2.05, 4.69) is 19.9 Å². The first-order chi connectivity index (χ1) is 13.1. The standard InChI is InChI=1S/C24H39NO2/c1-3-5-18-6-8-19(9-7-18)23(26)27-22-11-10-21-16-24(17-25,13-4-2)14-12-20(21)15-22/h18-22H,3-16H2,1-2H3/t18?,19?,20-,21?,22?,24+/m1/s1. The zero-order valence-corrected chi connectivity index (χ0v) is 17.5. The molecule has 0 aromatic rings. The van der Waals surface area contributed by atoms with Gasteiger partial charge < -0.3 is 4.74 Å². The van der Waals surface area contributed by atoms with Crippen LogP contribution in [0.3, 0.4) is 0 Å². The summed E-state index contributed by atoms with van der Waals surface area (Å²) in [6, 6.07) is 2.66. The molecule has 0 amide bonds. The molecule has 0 spiro atoms. The van der Waals surface area contributed by atoms with E-state index in [1.54, 1.807) is 0 Å². The molecule has 0 aromatic carbocycles. The average molecular weight is 374 g/mol. The molecule has 0 aliphatic heterocycles. The van der Waals surface area contributed by atoms with E-state index in [1.165, 1.54) is 25.7 Å². The number of hydrogen-bond acceptors (Lipinski definition) is 3. The summed E-state index contributed by atoms with van der Waals surface area (Å²) in [6.07, 6.45) is 15.8. The number of rotatable bonds is 6. The molecule has 3 saturated carbocycles. The molecule has 2 unspecified atom stereocenters. The Morgan fingerprint density at radius 1 is 1.04 bits per heavy atom. The number of carbonyl (C=O) groups excluding carboxylic acids is 1. The minimum atomic E-state index is -0.0729. The van der Waals surface area contributed by atoms with Gasteiger partial charge >= 0.3 is 5.97 Å². The Balaban J connectivity index is 1.45. The van der Waals surface area contributed by atoms with Crippen molar-refractivity contribution in [1.29, 1.82) is 5.26 Å². The monoisotopic (exact) mass is 373 g/mol. The van der Waals surface area contributed by atoms with Crippen molar-refractivity contribution in [3.8, 4) is 6.07 Å².